The topological polar surface area (TPSA) is 66.0 Å². The predicted molar refractivity (Wildman–Crippen MR) is 114 cm³/mol. The third-order valence-electron chi connectivity index (χ3n) is 4.16. The molecule has 0 radical (unpaired) electrons. The summed E-state index contributed by atoms with van der Waals surface area (Å²) < 4.78 is 41.3. The fourth-order valence-corrected chi connectivity index (χ4v) is 2.58. The maximum absolute atomic E-state index is 12.2. The number of halogens is 3. The van der Waals surface area contributed by atoms with Gasteiger partial charge in [-0.15, -0.1) is 0 Å². The van der Waals surface area contributed by atoms with Crippen molar-refractivity contribution in [1.82, 2.24) is 15.5 Å². The minimum Gasteiger partial charge on any atom is -0.484 e. The van der Waals surface area contributed by atoms with Crippen LogP contribution in [0.25, 0.3) is 0 Å². The number of alkyl halides is 3. The second-order valence-electron chi connectivity index (χ2n) is 6.99. The summed E-state index contributed by atoms with van der Waals surface area (Å²) in [4.78, 5) is 18.0. The SMILES string of the molecule is CCNC(=NCc1ccc(OCC(F)(F)F)cc1)NCc1ccc(C(=O)N(C)C)cc1. The van der Waals surface area contributed by atoms with E-state index in [1.807, 2.05) is 19.1 Å². The molecule has 2 N–H and O–H groups in total. The van der Waals surface area contributed by atoms with Crippen molar-refractivity contribution in [3.8, 4) is 5.75 Å². The van der Waals surface area contributed by atoms with E-state index >= 15 is 0 Å². The highest BCUT2D eigenvalue weighted by Crippen LogP contribution is 2.19. The van der Waals surface area contributed by atoms with Crippen LogP contribution in [0.15, 0.2) is 53.5 Å². The first-order chi connectivity index (χ1) is 14.7. The minimum atomic E-state index is -4.36. The number of aliphatic imine (C=N–C) groups is 1. The lowest BCUT2D eigenvalue weighted by Gasteiger charge is -2.13. The molecule has 1 amide bonds. The van der Waals surface area contributed by atoms with Gasteiger partial charge in [-0.2, -0.15) is 13.2 Å². The molecule has 6 nitrogen and oxygen atoms in total. The van der Waals surface area contributed by atoms with E-state index in [-0.39, 0.29) is 11.7 Å². The molecule has 2 aromatic rings. The first-order valence-electron chi connectivity index (χ1n) is 9.79. The van der Waals surface area contributed by atoms with E-state index < -0.39 is 12.8 Å². The van der Waals surface area contributed by atoms with Crippen molar-refractivity contribution in [3.63, 3.8) is 0 Å². The molecule has 0 saturated heterocycles. The predicted octanol–water partition coefficient (Wildman–Crippen LogP) is 3.58. The molecular formula is C22H27F3N4O2. The zero-order valence-electron chi connectivity index (χ0n) is 17.8. The minimum absolute atomic E-state index is 0.0516. The van der Waals surface area contributed by atoms with E-state index in [0.717, 1.165) is 11.1 Å². The Kier molecular flexibility index (Phi) is 8.72. The first kappa shape index (κ1) is 24.0. The molecule has 0 heterocycles. The van der Waals surface area contributed by atoms with Crippen LogP contribution >= 0.6 is 0 Å². The number of nitrogens with one attached hydrogen (secondary N) is 2. The zero-order chi connectivity index (χ0) is 22.9. The van der Waals surface area contributed by atoms with Gasteiger partial charge in [0.15, 0.2) is 12.6 Å². The van der Waals surface area contributed by atoms with Crippen molar-refractivity contribution in [2.45, 2.75) is 26.2 Å². The summed E-state index contributed by atoms with van der Waals surface area (Å²) in [5.74, 6) is 0.712. The molecule has 0 aliphatic carbocycles. The number of nitrogens with zero attached hydrogens (tertiary/aromatic N) is 2. The van der Waals surface area contributed by atoms with Crippen molar-refractivity contribution in [3.05, 3.63) is 65.2 Å². The van der Waals surface area contributed by atoms with Crippen molar-refractivity contribution >= 4 is 11.9 Å². The normalized spacial score (nSPS) is 11.7. The summed E-state index contributed by atoms with van der Waals surface area (Å²) in [6.45, 7) is 2.18. The second kappa shape index (κ2) is 11.2. The molecule has 31 heavy (non-hydrogen) atoms. The van der Waals surface area contributed by atoms with Crippen LogP contribution in [0, 0.1) is 0 Å². The lowest BCUT2D eigenvalue weighted by Crippen LogP contribution is -2.36. The van der Waals surface area contributed by atoms with Gasteiger partial charge in [-0.25, -0.2) is 4.99 Å². The average molecular weight is 436 g/mol. The summed E-state index contributed by atoms with van der Waals surface area (Å²) in [5.41, 5.74) is 2.45. The van der Waals surface area contributed by atoms with Gasteiger partial charge in [-0.1, -0.05) is 24.3 Å². The maximum Gasteiger partial charge on any atom is 0.422 e. The average Bonchev–Trinajstić information content (AvgIpc) is 2.74. The number of hydrogen-bond acceptors (Lipinski definition) is 3. The first-order valence-corrected chi connectivity index (χ1v) is 9.79. The molecule has 0 aliphatic rings. The van der Waals surface area contributed by atoms with Crippen molar-refractivity contribution < 1.29 is 22.7 Å². The van der Waals surface area contributed by atoms with Gasteiger partial charge in [0.1, 0.15) is 5.75 Å². The van der Waals surface area contributed by atoms with Gasteiger partial charge >= 0.3 is 6.18 Å². The number of carbonyl (C=O) groups excluding carboxylic acids is 1. The van der Waals surface area contributed by atoms with Gasteiger partial charge in [0.05, 0.1) is 6.54 Å². The van der Waals surface area contributed by atoms with Crippen LogP contribution in [0.3, 0.4) is 0 Å². The Morgan fingerprint density at radius 2 is 1.61 bits per heavy atom. The number of amides is 1. The fourth-order valence-electron chi connectivity index (χ4n) is 2.58. The second-order valence-corrected chi connectivity index (χ2v) is 6.99. The number of rotatable bonds is 8. The Hall–Kier alpha value is -3.23. The van der Waals surface area contributed by atoms with E-state index in [4.69, 9.17) is 4.74 Å². The molecular weight excluding hydrogens is 409 g/mol. The van der Waals surface area contributed by atoms with E-state index in [0.29, 0.717) is 31.2 Å². The number of benzene rings is 2. The highest BCUT2D eigenvalue weighted by atomic mass is 19.4. The molecule has 2 aromatic carbocycles. The Bertz CT molecular complexity index is 864. The van der Waals surface area contributed by atoms with Crippen LogP contribution in [0.1, 0.15) is 28.4 Å². The van der Waals surface area contributed by atoms with Crippen LogP contribution in [0.4, 0.5) is 13.2 Å². The van der Waals surface area contributed by atoms with Gasteiger partial charge in [-0.05, 0) is 42.3 Å². The van der Waals surface area contributed by atoms with Crippen molar-refractivity contribution in [2.24, 2.45) is 4.99 Å². The van der Waals surface area contributed by atoms with Crippen molar-refractivity contribution in [2.75, 3.05) is 27.2 Å². The van der Waals surface area contributed by atoms with Crippen LogP contribution < -0.4 is 15.4 Å². The summed E-state index contributed by atoms with van der Waals surface area (Å²) in [7, 11) is 3.42. The number of carbonyl (C=O) groups is 1. The van der Waals surface area contributed by atoms with E-state index in [1.54, 1.807) is 38.4 Å². The summed E-state index contributed by atoms with van der Waals surface area (Å²) in [6.07, 6.45) is -4.36. The molecule has 0 aliphatic heterocycles. The van der Waals surface area contributed by atoms with Crippen molar-refractivity contribution in [1.29, 1.82) is 0 Å². The van der Waals surface area contributed by atoms with Gasteiger partial charge < -0.3 is 20.3 Å². The Labute approximate surface area is 180 Å². The van der Waals surface area contributed by atoms with Gasteiger partial charge in [0.25, 0.3) is 5.91 Å². The largest absolute Gasteiger partial charge is 0.484 e. The molecule has 0 saturated carbocycles. The summed E-state index contributed by atoms with van der Waals surface area (Å²) in [6, 6.07) is 13.7. The summed E-state index contributed by atoms with van der Waals surface area (Å²) >= 11 is 0. The van der Waals surface area contributed by atoms with Gasteiger partial charge in [0.2, 0.25) is 0 Å². The molecule has 168 valence electrons. The monoisotopic (exact) mass is 436 g/mol. The molecule has 0 unspecified atom stereocenters. The Morgan fingerprint density at radius 1 is 1.00 bits per heavy atom. The summed E-state index contributed by atoms with van der Waals surface area (Å²) in [5, 5.41) is 6.37. The van der Waals surface area contributed by atoms with E-state index in [9.17, 15) is 18.0 Å². The highest BCUT2D eigenvalue weighted by Gasteiger charge is 2.28. The van der Waals surface area contributed by atoms with Gasteiger partial charge in [-0.3, -0.25) is 4.79 Å². The molecule has 0 fully saturated rings. The molecule has 0 aromatic heterocycles. The third kappa shape index (κ3) is 8.57. The number of hydrogen-bond donors (Lipinski definition) is 2. The molecule has 0 bridgehead atoms. The van der Waals surface area contributed by atoms with Crippen LogP contribution in [-0.4, -0.2) is 50.2 Å². The Morgan fingerprint density at radius 3 is 2.16 bits per heavy atom. The van der Waals surface area contributed by atoms with Crippen LogP contribution in [0.5, 0.6) is 5.75 Å². The molecule has 0 spiro atoms. The third-order valence-corrected chi connectivity index (χ3v) is 4.16. The van der Waals surface area contributed by atoms with E-state index in [1.165, 1.54) is 17.0 Å². The maximum atomic E-state index is 12.2. The number of guanidine groups is 1. The smallest absolute Gasteiger partial charge is 0.422 e. The standard InChI is InChI=1S/C22H27F3N4O2/c1-4-26-21(27-13-16-5-9-18(10-6-16)20(30)29(2)3)28-14-17-7-11-19(12-8-17)31-15-22(23,24)25/h5-12H,4,13-15H2,1-3H3,(H2,26,27,28). The lowest BCUT2D eigenvalue weighted by atomic mass is 10.1. The molecule has 0 atom stereocenters. The Balaban J connectivity index is 1.92. The molecule has 2 rings (SSSR count). The zero-order valence-corrected chi connectivity index (χ0v) is 17.8. The quantitative estimate of drug-likeness (QED) is 0.490. The lowest BCUT2D eigenvalue weighted by molar-refractivity contribution is -0.153. The fraction of sp³-hybridized carbons (Fsp3) is 0.364. The highest BCUT2D eigenvalue weighted by molar-refractivity contribution is 5.93. The van der Waals surface area contributed by atoms with Crippen LogP contribution in [-0.2, 0) is 13.1 Å². The van der Waals surface area contributed by atoms with Gasteiger partial charge in [0, 0.05) is 32.7 Å². The number of ether oxygens (including phenoxy) is 1. The molecule has 9 heteroatoms. The van der Waals surface area contributed by atoms with Crippen LogP contribution in [0.2, 0.25) is 0 Å². The van der Waals surface area contributed by atoms with E-state index in [2.05, 4.69) is 15.6 Å².